The van der Waals surface area contributed by atoms with Crippen molar-refractivity contribution in [2.75, 3.05) is 11.9 Å². The van der Waals surface area contributed by atoms with Crippen molar-refractivity contribution < 1.29 is 0 Å². The molecule has 17 heavy (non-hydrogen) atoms. The first kappa shape index (κ1) is 12.6. The van der Waals surface area contributed by atoms with Crippen LogP contribution in [0.4, 0.5) is 5.95 Å². The molecular formula is C13H20ClN3. The van der Waals surface area contributed by atoms with E-state index in [-0.39, 0.29) is 0 Å². The average Bonchev–Trinajstić information content (AvgIpc) is 2.39. The Kier molecular flexibility index (Phi) is 4.60. The number of nitrogens with zero attached hydrogens (tertiary/aromatic N) is 2. The second-order valence-corrected chi connectivity index (χ2v) is 5.34. The first-order valence-corrected chi connectivity index (χ1v) is 6.87. The first-order chi connectivity index (χ1) is 8.28. The van der Waals surface area contributed by atoms with E-state index in [9.17, 15) is 0 Å². The Morgan fingerprint density at radius 2 is 1.76 bits per heavy atom. The van der Waals surface area contributed by atoms with Gasteiger partial charge in [0.05, 0.1) is 17.4 Å². The molecule has 0 aromatic carbocycles. The molecule has 1 saturated carbocycles. The fourth-order valence-corrected chi connectivity index (χ4v) is 2.58. The third kappa shape index (κ3) is 3.84. The summed E-state index contributed by atoms with van der Waals surface area (Å²) >= 11 is 5.74. The Morgan fingerprint density at radius 3 is 2.35 bits per heavy atom. The van der Waals surface area contributed by atoms with E-state index in [0.29, 0.717) is 11.0 Å². The van der Waals surface area contributed by atoms with Gasteiger partial charge in [-0.2, -0.15) is 0 Å². The van der Waals surface area contributed by atoms with E-state index >= 15 is 0 Å². The van der Waals surface area contributed by atoms with E-state index in [1.807, 2.05) is 0 Å². The zero-order valence-corrected chi connectivity index (χ0v) is 11.1. The van der Waals surface area contributed by atoms with Crippen LogP contribution in [0.1, 0.15) is 39.0 Å². The van der Waals surface area contributed by atoms with E-state index in [1.165, 1.54) is 32.1 Å². The van der Waals surface area contributed by atoms with Gasteiger partial charge < -0.3 is 5.32 Å². The summed E-state index contributed by atoms with van der Waals surface area (Å²) in [7, 11) is 0. The van der Waals surface area contributed by atoms with Crippen molar-refractivity contribution in [3.05, 3.63) is 17.4 Å². The number of rotatable bonds is 4. The molecule has 2 rings (SSSR count). The van der Waals surface area contributed by atoms with Gasteiger partial charge in [0, 0.05) is 6.54 Å². The summed E-state index contributed by atoms with van der Waals surface area (Å²) in [6.07, 6.45) is 10.0. The monoisotopic (exact) mass is 253 g/mol. The molecule has 94 valence electrons. The third-order valence-electron chi connectivity index (χ3n) is 3.71. The number of hydrogen-bond acceptors (Lipinski definition) is 3. The summed E-state index contributed by atoms with van der Waals surface area (Å²) < 4.78 is 0. The molecule has 1 N–H and O–H groups in total. The Morgan fingerprint density at radius 1 is 1.18 bits per heavy atom. The van der Waals surface area contributed by atoms with Crippen LogP contribution in [0.2, 0.25) is 5.02 Å². The first-order valence-electron chi connectivity index (χ1n) is 6.49. The van der Waals surface area contributed by atoms with Gasteiger partial charge in [0.1, 0.15) is 0 Å². The van der Waals surface area contributed by atoms with Crippen molar-refractivity contribution in [3.63, 3.8) is 0 Å². The molecule has 1 aliphatic carbocycles. The van der Waals surface area contributed by atoms with E-state index in [2.05, 4.69) is 22.2 Å². The van der Waals surface area contributed by atoms with Gasteiger partial charge in [-0.25, -0.2) is 9.97 Å². The van der Waals surface area contributed by atoms with Crippen molar-refractivity contribution in [2.45, 2.75) is 39.0 Å². The molecule has 0 amide bonds. The molecule has 1 aromatic heterocycles. The lowest BCUT2D eigenvalue weighted by Gasteiger charge is -2.27. The molecule has 1 heterocycles. The van der Waals surface area contributed by atoms with Crippen LogP contribution >= 0.6 is 11.6 Å². The van der Waals surface area contributed by atoms with Crippen LogP contribution in [-0.4, -0.2) is 16.5 Å². The highest BCUT2D eigenvalue weighted by atomic mass is 35.5. The van der Waals surface area contributed by atoms with Crippen molar-refractivity contribution in [3.8, 4) is 0 Å². The Balaban J connectivity index is 1.74. The van der Waals surface area contributed by atoms with Gasteiger partial charge in [-0.15, -0.1) is 0 Å². The predicted octanol–water partition coefficient (Wildman–Crippen LogP) is 3.76. The van der Waals surface area contributed by atoms with Gasteiger partial charge in [0.25, 0.3) is 0 Å². The van der Waals surface area contributed by atoms with E-state index in [1.54, 1.807) is 12.4 Å². The van der Waals surface area contributed by atoms with E-state index < -0.39 is 0 Å². The summed E-state index contributed by atoms with van der Waals surface area (Å²) in [5, 5.41) is 3.88. The summed E-state index contributed by atoms with van der Waals surface area (Å²) in [4.78, 5) is 8.28. The molecule has 1 aromatic rings. The van der Waals surface area contributed by atoms with Gasteiger partial charge in [-0.1, -0.05) is 37.8 Å². The minimum atomic E-state index is 0.582. The van der Waals surface area contributed by atoms with Crippen molar-refractivity contribution in [2.24, 2.45) is 11.8 Å². The number of halogens is 1. The highest BCUT2D eigenvalue weighted by Gasteiger charge is 2.19. The minimum Gasteiger partial charge on any atom is -0.354 e. The number of aromatic nitrogens is 2. The second-order valence-electron chi connectivity index (χ2n) is 4.90. The van der Waals surface area contributed by atoms with Gasteiger partial charge in [-0.05, 0) is 24.7 Å². The molecule has 1 aliphatic rings. The van der Waals surface area contributed by atoms with Crippen LogP contribution in [0.3, 0.4) is 0 Å². The Hall–Kier alpha value is -0.830. The highest BCUT2D eigenvalue weighted by molar-refractivity contribution is 6.30. The SMILES string of the molecule is CCC1CCC(CNc2ncc(Cl)cn2)CC1. The minimum absolute atomic E-state index is 0.582. The van der Waals surface area contributed by atoms with Crippen LogP contribution in [0.25, 0.3) is 0 Å². The molecule has 0 saturated heterocycles. The van der Waals surface area contributed by atoms with Crippen molar-refractivity contribution in [1.82, 2.24) is 9.97 Å². The Bertz CT molecular complexity index is 331. The van der Waals surface area contributed by atoms with Crippen LogP contribution in [-0.2, 0) is 0 Å². The average molecular weight is 254 g/mol. The lowest BCUT2D eigenvalue weighted by atomic mass is 9.81. The van der Waals surface area contributed by atoms with Crippen molar-refractivity contribution in [1.29, 1.82) is 0 Å². The summed E-state index contributed by atoms with van der Waals surface area (Å²) in [6, 6.07) is 0. The fourth-order valence-electron chi connectivity index (χ4n) is 2.48. The smallest absolute Gasteiger partial charge is 0.222 e. The standard InChI is InChI=1S/C13H20ClN3/c1-2-10-3-5-11(6-4-10)7-15-13-16-8-12(14)9-17-13/h8-11H,2-7H2,1H3,(H,15,16,17). The molecule has 1 fully saturated rings. The van der Waals surface area contributed by atoms with Crippen LogP contribution in [0.5, 0.6) is 0 Å². The molecule has 0 atom stereocenters. The molecule has 0 unspecified atom stereocenters. The maximum atomic E-state index is 5.74. The predicted molar refractivity (Wildman–Crippen MR) is 71.3 cm³/mol. The van der Waals surface area contributed by atoms with Gasteiger partial charge >= 0.3 is 0 Å². The quantitative estimate of drug-likeness (QED) is 0.888. The number of nitrogens with one attached hydrogen (secondary N) is 1. The summed E-state index contributed by atoms with van der Waals surface area (Å²) in [5.74, 6) is 2.42. The van der Waals surface area contributed by atoms with E-state index in [0.717, 1.165) is 18.4 Å². The zero-order valence-electron chi connectivity index (χ0n) is 10.3. The van der Waals surface area contributed by atoms with Gasteiger partial charge in [0.15, 0.2) is 0 Å². The molecule has 4 heteroatoms. The summed E-state index contributed by atoms with van der Waals surface area (Å²) in [5.41, 5.74) is 0. The highest BCUT2D eigenvalue weighted by Crippen LogP contribution is 2.30. The lowest BCUT2D eigenvalue weighted by Crippen LogP contribution is -2.21. The maximum Gasteiger partial charge on any atom is 0.222 e. The topological polar surface area (TPSA) is 37.8 Å². The number of anilines is 1. The van der Waals surface area contributed by atoms with Crippen LogP contribution in [0.15, 0.2) is 12.4 Å². The van der Waals surface area contributed by atoms with Crippen molar-refractivity contribution >= 4 is 17.5 Å². The van der Waals surface area contributed by atoms with Crippen LogP contribution in [0, 0.1) is 11.8 Å². The molecule has 0 bridgehead atoms. The third-order valence-corrected chi connectivity index (χ3v) is 3.91. The van der Waals surface area contributed by atoms with Gasteiger partial charge in [-0.3, -0.25) is 0 Å². The fraction of sp³-hybridized carbons (Fsp3) is 0.692. The number of hydrogen-bond donors (Lipinski definition) is 1. The zero-order chi connectivity index (χ0) is 12.1. The van der Waals surface area contributed by atoms with Gasteiger partial charge in [0.2, 0.25) is 5.95 Å². The summed E-state index contributed by atoms with van der Waals surface area (Å²) in [6.45, 7) is 3.28. The molecular weight excluding hydrogens is 234 g/mol. The maximum absolute atomic E-state index is 5.74. The molecule has 0 aliphatic heterocycles. The molecule has 3 nitrogen and oxygen atoms in total. The molecule has 0 spiro atoms. The van der Waals surface area contributed by atoms with Crippen LogP contribution < -0.4 is 5.32 Å². The Labute approximate surface area is 108 Å². The second kappa shape index (κ2) is 6.20. The largest absolute Gasteiger partial charge is 0.354 e. The van der Waals surface area contributed by atoms with E-state index in [4.69, 9.17) is 11.6 Å². The molecule has 0 radical (unpaired) electrons. The lowest BCUT2D eigenvalue weighted by molar-refractivity contribution is 0.278. The normalized spacial score (nSPS) is 24.6.